The molecule has 2 N–H and O–H groups in total. The molecule has 132 valence electrons. The Morgan fingerprint density at radius 3 is 2.72 bits per heavy atom. The maximum Gasteiger partial charge on any atom is 0.218 e. The van der Waals surface area contributed by atoms with Crippen molar-refractivity contribution in [2.45, 2.75) is 44.9 Å². The summed E-state index contributed by atoms with van der Waals surface area (Å²) in [4.78, 5) is 8.70. The van der Waals surface area contributed by atoms with Crippen LogP contribution in [-0.2, 0) is 13.2 Å². The largest absolute Gasteiger partial charge is 0.473 e. The van der Waals surface area contributed by atoms with E-state index in [0.29, 0.717) is 25.1 Å². The van der Waals surface area contributed by atoms with Gasteiger partial charge in [-0.1, -0.05) is 49.2 Å². The second-order valence-corrected chi connectivity index (χ2v) is 6.29. The predicted octanol–water partition coefficient (Wildman–Crippen LogP) is 3.27. The minimum atomic E-state index is 0.514. The molecule has 25 heavy (non-hydrogen) atoms. The zero-order valence-electron chi connectivity index (χ0n) is 14.7. The Hall–Kier alpha value is -2.56. The Balaban J connectivity index is 1.56. The van der Waals surface area contributed by atoms with Gasteiger partial charge in [0.1, 0.15) is 6.61 Å². The molecule has 1 heterocycles. The fourth-order valence-corrected chi connectivity index (χ4v) is 3.05. The third-order valence-electron chi connectivity index (χ3n) is 4.43. The van der Waals surface area contributed by atoms with Crippen molar-refractivity contribution in [1.82, 2.24) is 15.6 Å². The highest BCUT2D eigenvalue weighted by atomic mass is 16.5. The summed E-state index contributed by atoms with van der Waals surface area (Å²) >= 11 is 0. The zero-order valence-corrected chi connectivity index (χ0v) is 14.7. The van der Waals surface area contributed by atoms with Gasteiger partial charge in [-0.25, -0.2) is 4.98 Å². The number of nitrogens with zero attached hydrogens (tertiary/aromatic N) is 2. The summed E-state index contributed by atoms with van der Waals surface area (Å²) in [7, 11) is 1.81. The average molecular weight is 338 g/mol. The molecule has 1 aliphatic carbocycles. The number of hydrogen-bond donors (Lipinski definition) is 2. The van der Waals surface area contributed by atoms with Crippen molar-refractivity contribution in [2.24, 2.45) is 4.99 Å². The van der Waals surface area contributed by atoms with Crippen molar-refractivity contribution in [3.8, 4) is 5.88 Å². The van der Waals surface area contributed by atoms with E-state index < -0.39 is 0 Å². The molecule has 0 amide bonds. The monoisotopic (exact) mass is 338 g/mol. The van der Waals surface area contributed by atoms with Crippen molar-refractivity contribution >= 4 is 5.96 Å². The number of benzene rings is 1. The molecule has 0 radical (unpaired) electrons. The highest BCUT2D eigenvalue weighted by Crippen LogP contribution is 2.18. The molecule has 1 fully saturated rings. The van der Waals surface area contributed by atoms with Crippen LogP contribution < -0.4 is 15.4 Å². The van der Waals surface area contributed by atoms with Gasteiger partial charge in [0.25, 0.3) is 0 Å². The third-order valence-corrected chi connectivity index (χ3v) is 4.43. The quantitative estimate of drug-likeness (QED) is 0.627. The van der Waals surface area contributed by atoms with E-state index in [0.717, 1.165) is 17.1 Å². The molecule has 5 heteroatoms. The van der Waals surface area contributed by atoms with Gasteiger partial charge in [0.15, 0.2) is 5.96 Å². The fourth-order valence-electron chi connectivity index (χ4n) is 3.05. The van der Waals surface area contributed by atoms with Crippen molar-refractivity contribution < 1.29 is 4.74 Å². The second-order valence-electron chi connectivity index (χ2n) is 6.29. The van der Waals surface area contributed by atoms with Gasteiger partial charge >= 0.3 is 0 Å². The van der Waals surface area contributed by atoms with Crippen LogP contribution in [0.4, 0.5) is 0 Å². The van der Waals surface area contributed by atoms with Gasteiger partial charge in [-0.2, -0.15) is 0 Å². The van der Waals surface area contributed by atoms with Crippen LogP contribution in [-0.4, -0.2) is 24.0 Å². The van der Waals surface area contributed by atoms with Crippen LogP contribution in [0.15, 0.2) is 53.7 Å². The Kier molecular flexibility index (Phi) is 6.26. The summed E-state index contributed by atoms with van der Waals surface area (Å²) < 4.78 is 5.91. The number of nitrogens with one attached hydrogen (secondary N) is 2. The molecule has 0 aliphatic heterocycles. The van der Waals surface area contributed by atoms with E-state index in [1.807, 2.05) is 42.5 Å². The van der Waals surface area contributed by atoms with E-state index in [2.05, 4.69) is 20.6 Å². The van der Waals surface area contributed by atoms with E-state index in [1.165, 1.54) is 25.7 Å². The maximum absolute atomic E-state index is 5.91. The Bertz CT molecular complexity index is 681. The number of hydrogen-bond acceptors (Lipinski definition) is 3. The number of guanidine groups is 1. The summed E-state index contributed by atoms with van der Waals surface area (Å²) in [5.41, 5.74) is 2.15. The average Bonchev–Trinajstić information content (AvgIpc) is 3.18. The number of rotatable bonds is 6. The van der Waals surface area contributed by atoms with Gasteiger partial charge in [0, 0.05) is 31.4 Å². The first kappa shape index (κ1) is 17.3. The molecule has 1 saturated carbocycles. The summed E-state index contributed by atoms with van der Waals surface area (Å²) in [6.45, 7) is 1.14. The Morgan fingerprint density at radius 2 is 1.96 bits per heavy atom. The first-order valence-corrected chi connectivity index (χ1v) is 8.93. The normalized spacial score (nSPS) is 15.2. The van der Waals surface area contributed by atoms with Crippen molar-refractivity contribution in [3.63, 3.8) is 0 Å². The number of aromatic nitrogens is 1. The van der Waals surface area contributed by atoms with Crippen LogP contribution in [0.25, 0.3) is 0 Å². The molecule has 0 spiro atoms. The standard InChI is InChI=1S/C20H26N4O/c1-21-20(24-18-11-5-6-12-18)23-14-17-10-7-13-22-19(17)25-15-16-8-3-2-4-9-16/h2-4,7-10,13,18H,5-6,11-12,14-15H2,1H3,(H2,21,23,24). The molecule has 5 nitrogen and oxygen atoms in total. The minimum Gasteiger partial charge on any atom is -0.473 e. The lowest BCUT2D eigenvalue weighted by atomic mass is 10.2. The van der Waals surface area contributed by atoms with Crippen LogP contribution in [0.5, 0.6) is 5.88 Å². The van der Waals surface area contributed by atoms with Gasteiger partial charge in [-0.15, -0.1) is 0 Å². The van der Waals surface area contributed by atoms with Crippen LogP contribution in [0, 0.1) is 0 Å². The molecule has 0 saturated heterocycles. The van der Waals surface area contributed by atoms with Crippen molar-refractivity contribution in [3.05, 3.63) is 59.8 Å². The van der Waals surface area contributed by atoms with E-state index in [1.54, 1.807) is 13.2 Å². The smallest absolute Gasteiger partial charge is 0.218 e. The van der Waals surface area contributed by atoms with Gasteiger partial charge in [0.2, 0.25) is 5.88 Å². The van der Waals surface area contributed by atoms with Gasteiger partial charge in [0.05, 0.1) is 0 Å². The van der Waals surface area contributed by atoms with Crippen LogP contribution >= 0.6 is 0 Å². The summed E-state index contributed by atoms with van der Waals surface area (Å²) in [6, 6.07) is 14.6. The molecule has 0 unspecified atom stereocenters. The Labute approximate surface area is 149 Å². The van der Waals surface area contributed by atoms with Crippen LogP contribution in [0.1, 0.15) is 36.8 Å². The SMILES string of the molecule is CN=C(NCc1cccnc1OCc1ccccc1)NC1CCCC1. The summed E-state index contributed by atoms with van der Waals surface area (Å²) in [5, 5.41) is 6.86. The predicted molar refractivity (Wildman–Crippen MR) is 101 cm³/mol. The molecule has 1 aromatic heterocycles. The van der Waals surface area contributed by atoms with Gasteiger partial charge in [-0.3, -0.25) is 4.99 Å². The molecule has 2 aromatic rings. The van der Waals surface area contributed by atoms with Gasteiger partial charge < -0.3 is 15.4 Å². The Morgan fingerprint density at radius 1 is 1.16 bits per heavy atom. The number of aliphatic imine (C=N–C) groups is 1. The summed E-state index contributed by atoms with van der Waals surface area (Å²) in [6.07, 6.45) is 6.80. The first-order chi connectivity index (χ1) is 12.3. The van der Waals surface area contributed by atoms with Crippen molar-refractivity contribution in [2.75, 3.05) is 7.05 Å². The topological polar surface area (TPSA) is 58.5 Å². The fraction of sp³-hybridized carbons (Fsp3) is 0.400. The molecule has 0 atom stereocenters. The first-order valence-electron chi connectivity index (χ1n) is 8.93. The third kappa shape index (κ3) is 5.21. The molecule has 1 aromatic carbocycles. The second kappa shape index (κ2) is 9.06. The van der Waals surface area contributed by atoms with Crippen LogP contribution in [0.2, 0.25) is 0 Å². The lowest BCUT2D eigenvalue weighted by molar-refractivity contribution is 0.290. The van der Waals surface area contributed by atoms with Crippen LogP contribution in [0.3, 0.4) is 0 Å². The van der Waals surface area contributed by atoms with E-state index >= 15 is 0 Å². The highest BCUT2D eigenvalue weighted by Gasteiger charge is 2.16. The summed E-state index contributed by atoms with van der Waals surface area (Å²) in [5.74, 6) is 1.50. The van der Waals surface area contributed by atoms with E-state index in [9.17, 15) is 0 Å². The molecular formula is C20H26N4O. The molecule has 3 rings (SSSR count). The number of ether oxygens (including phenoxy) is 1. The number of pyridine rings is 1. The zero-order chi connectivity index (χ0) is 17.3. The molecule has 1 aliphatic rings. The lowest BCUT2D eigenvalue weighted by Crippen LogP contribution is -2.42. The lowest BCUT2D eigenvalue weighted by Gasteiger charge is -2.17. The highest BCUT2D eigenvalue weighted by molar-refractivity contribution is 5.80. The maximum atomic E-state index is 5.91. The van der Waals surface area contributed by atoms with Gasteiger partial charge in [-0.05, 0) is 24.5 Å². The van der Waals surface area contributed by atoms with E-state index in [4.69, 9.17) is 4.74 Å². The van der Waals surface area contributed by atoms with Crippen molar-refractivity contribution in [1.29, 1.82) is 0 Å². The van der Waals surface area contributed by atoms with E-state index in [-0.39, 0.29) is 0 Å². The molecular weight excluding hydrogens is 312 g/mol. The minimum absolute atomic E-state index is 0.514. The molecule has 0 bridgehead atoms.